The van der Waals surface area contributed by atoms with Crippen LogP contribution in [0.25, 0.3) is 0 Å². The van der Waals surface area contributed by atoms with E-state index in [1.54, 1.807) is 16.8 Å². The minimum Gasteiger partial charge on any atom is -0.330 e. The number of nitrogens with zero attached hydrogens (tertiary/aromatic N) is 2. The summed E-state index contributed by atoms with van der Waals surface area (Å²) in [5, 5.41) is 0. The Hall–Kier alpha value is -0.580. The fourth-order valence-corrected chi connectivity index (χ4v) is 0.819. The second-order valence-electron chi connectivity index (χ2n) is 2.24. The smallest absolute Gasteiger partial charge is 0.330 e. The van der Waals surface area contributed by atoms with Gasteiger partial charge in [-0.15, -0.1) is 24.8 Å². The van der Waals surface area contributed by atoms with Gasteiger partial charge < -0.3 is 5.73 Å². The molecule has 0 atom stereocenters. The number of halogens is 2. The predicted octanol–water partition coefficient (Wildman–Crippen LogP) is 0.436. The summed E-state index contributed by atoms with van der Waals surface area (Å²) in [5.74, 6) is 0. The summed E-state index contributed by atoms with van der Waals surface area (Å²) in [6.45, 7) is 1.25. The van der Waals surface area contributed by atoms with Crippen LogP contribution in [0.5, 0.6) is 0 Å². The van der Waals surface area contributed by atoms with Gasteiger partial charge in [-0.05, 0) is 19.0 Å². The first kappa shape index (κ1) is 14.9. The van der Waals surface area contributed by atoms with E-state index in [0.29, 0.717) is 13.1 Å². The van der Waals surface area contributed by atoms with Gasteiger partial charge in [-0.25, -0.2) is 9.78 Å². The Morgan fingerprint density at radius 1 is 1.46 bits per heavy atom. The second-order valence-corrected chi connectivity index (χ2v) is 2.24. The van der Waals surface area contributed by atoms with Gasteiger partial charge in [-0.1, -0.05) is 0 Å². The van der Waals surface area contributed by atoms with Crippen molar-refractivity contribution in [2.45, 2.75) is 13.0 Å². The Kier molecular flexibility index (Phi) is 9.22. The van der Waals surface area contributed by atoms with Crippen LogP contribution < -0.4 is 11.4 Å². The molecule has 0 fully saturated rings. The molecule has 0 amide bonds. The van der Waals surface area contributed by atoms with Crippen LogP contribution in [0.3, 0.4) is 0 Å². The summed E-state index contributed by atoms with van der Waals surface area (Å²) >= 11 is 0. The van der Waals surface area contributed by atoms with E-state index in [1.165, 1.54) is 6.20 Å². The third kappa shape index (κ3) is 4.87. The van der Waals surface area contributed by atoms with Crippen LogP contribution in [0.2, 0.25) is 0 Å². The topological polar surface area (TPSA) is 60.9 Å². The first-order valence-electron chi connectivity index (χ1n) is 3.56. The summed E-state index contributed by atoms with van der Waals surface area (Å²) in [6, 6.07) is 1.73. The molecule has 0 aliphatic heterocycles. The zero-order valence-electron chi connectivity index (χ0n) is 7.05. The maximum absolute atomic E-state index is 10.9. The normalized spacial score (nSPS) is 8.38. The molecule has 0 spiro atoms. The fourth-order valence-electron chi connectivity index (χ4n) is 0.819. The predicted molar refractivity (Wildman–Crippen MR) is 56.7 cm³/mol. The van der Waals surface area contributed by atoms with E-state index in [4.69, 9.17) is 5.73 Å². The van der Waals surface area contributed by atoms with E-state index < -0.39 is 0 Å². The van der Waals surface area contributed by atoms with Crippen molar-refractivity contribution in [3.05, 3.63) is 28.9 Å². The molecule has 1 aromatic rings. The largest absolute Gasteiger partial charge is 0.347 e. The number of nitrogens with two attached hydrogens (primary N) is 1. The van der Waals surface area contributed by atoms with E-state index >= 15 is 0 Å². The summed E-state index contributed by atoms with van der Waals surface area (Å²) in [6.07, 6.45) is 4.01. The van der Waals surface area contributed by atoms with E-state index in [2.05, 4.69) is 4.98 Å². The van der Waals surface area contributed by atoms with Crippen molar-refractivity contribution in [3.8, 4) is 0 Å². The summed E-state index contributed by atoms with van der Waals surface area (Å²) in [4.78, 5) is 14.5. The van der Waals surface area contributed by atoms with Crippen LogP contribution in [-0.2, 0) is 6.54 Å². The number of aryl methyl sites for hydroxylation is 1. The molecule has 0 unspecified atom stereocenters. The Morgan fingerprint density at radius 3 is 2.69 bits per heavy atom. The van der Waals surface area contributed by atoms with Crippen LogP contribution in [0.4, 0.5) is 0 Å². The molecule has 1 heterocycles. The van der Waals surface area contributed by atoms with Crippen molar-refractivity contribution in [1.29, 1.82) is 0 Å². The van der Waals surface area contributed by atoms with E-state index in [1.807, 2.05) is 0 Å². The van der Waals surface area contributed by atoms with Crippen molar-refractivity contribution < 1.29 is 0 Å². The van der Waals surface area contributed by atoms with Gasteiger partial charge in [0, 0.05) is 18.9 Å². The zero-order chi connectivity index (χ0) is 8.10. The van der Waals surface area contributed by atoms with Gasteiger partial charge in [-0.3, -0.25) is 4.57 Å². The molecule has 4 nitrogen and oxygen atoms in total. The quantitative estimate of drug-likeness (QED) is 0.813. The van der Waals surface area contributed by atoms with Crippen LogP contribution in [-0.4, -0.2) is 16.1 Å². The van der Waals surface area contributed by atoms with Crippen LogP contribution in [0, 0.1) is 0 Å². The molecule has 2 N–H and O–H groups in total. The average molecular weight is 226 g/mol. The average Bonchev–Trinajstić information content (AvgIpc) is 2.03. The molecular weight excluding hydrogens is 213 g/mol. The van der Waals surface area contributed by atoms with Crippen LogP contribution >= 0.6 is 24.8 Å². The molecule has 0 bridgehead atoms. The van der Waals surface area contributed by atoms with Crippen LogP contribution in [0.1, 0.15) is 6.42 Å². The maximum Gasteiger partial charge on any atom is 0.347 e. The lowest BCUT2D eigenvalue weighted by Crippen LogP contribution is -2.22. The highest BCUT2D eigenvalue weighted by atomic mass is 35.5. The van der Waals surface area contributed by atoms with Crippen molar-refractivity contribution in [1.82, 2.24) is 9.55 Å². The molecule has 13 heavy (non-hydrogen) atoms. The molecular formula is C7H13Cl2N3O. The highest BCUT2D eigenvalue weighted by Crippen LogP contribution is 1.82. The minimum atomic E-state index is -0.207. The lowest BCUT2D eigenvalue weighted by atomic mass is 10.4. The van der Waals surface area contributed by atoms with Crippen molar-refractivity contribution in [2.75, 3.05) is 6.54 Å². The van der Waals surface area contributed by atoms with Gasteiger partial charge in [0.25, 0.3) is 0 Å². The molecule has 0 saturated heterocycles. The molecule has 0 radical (unpaired) electrons. The molecule has 1 rings (SSSR count). The second kappa shape index (κ2) is 8.04. The Labute approximate surface area is 89.0 Å². The fraction of sp³-hybridized carbons (Fsp3) is 0.429. The molecule has 0 aliphatic carbocycles. The molecule has 0 aromatic carbocycles. The van der Waals surface area contributed by atoms with Crippen molar-refractivity contribution in [2.24, 2.45) is 5.73 Å². The SMILES string of the molecule is Cl.Cl.NCCCn1cccnc1=O. The third-order valence-corrected chi connectivity index (χ3v) is 1.39. The van der Waals surface area contributed by atoms with Gasteiger partial charge in [-0.2, -0.15) is 0 Å². The number of aromatic nitrogens is 2. The lowest BCUT2D eigenvalue weighted by molar-refractivity contribution is 0.614. The monoisotopic (exact) mass is 225 g/mol. The number of rotatable bonds is 3. The molecule has 76 valence electrons. The molecule has 0 saturated carbocycles. The summed E-state index contributed by atoms with van der Waals surface area (Å²) in [5.41, 5.74) is 5.08. The number of hydrogen-bond acceptors (Lipinski definition) is 3. The molecule has 0 aliphatic rings. The van der Waals surface area contributed by atoms with Gasteiger partial charge in [0.15, 0.2) is 0 Å². The zero-order valence-corrected chi connectivity index (χ0v) is 8.68. The van der Waals surface area contributed by atoms with E-state index in [9.17, 15) is 4.79 Å². The Balaban J connectivity index is 0. The van der Waals surface area contributed by atoms with E-state index in [0.717, 1.165) is 6.42 Å². The maximum atomic E-state index is 10.9. The van der Waals surface area contributed by atoms with Gasteiger partial charge >= 0.3 is 5.69 Å². The third-order valence-electron chi connectivity index (χ3n) is 1.39. The van der Waals surface area contributed by atoms with Gasteiger partial charge in [0.2, 0.25) is 0 Å². The highest BCUT2D eigenvalue weighted by molar-refractivity contribution is 5.85. The van der Waals surface area contributed by atoms with E-state index in [-0.39, 0.29) is 30.5 Å². The summed E-state index contributed by atoms with van der Waals surface area (Å²) < 4.78 is 1.55. The van der Waals surface area contributed by atoms with Crippen molar-refractivity contribution >= 4 is 24.8 Å². The molecule has 6 heteroatoms. The standard InChI is InChI=1S/C7H11N3O.2ClH/c8-3-1-5-10-6-2-4-9-7(10)11;;/h2,4,6H,1,3,5,8H2;2*1H. The Bertz CT molecular complexity index is 276. The van der Waals surface area contributed by atoms with Gasteiger partial charge in [0.1, 0.15) is 0 Å². The number of hydrogen-bond donors (Lipinski definition) is 1. The van der Waals surface area contributed by atoms with Crippen molar-refractivity contribution in [3.63, 3.8) is 0 Å². The first-order valence-corrected chi connectivity index (χ1v) is 3.56. The lowest BCUT2D eigenvalue weighted by Gasteiger charge is -2.00. The minimum absolute atomic E-state index is 0. The highest BCUT2D eigenvalue weighted by Gasteiger charge is 1.91. The first-order chi connectivity index (χ1) is 5.34. The van der Waals surface area contributed by atoms with Crippen LogP contribution in [0.15, 0.2) is 23.3 Å². The Morgan fingerprint density at radius 2 is 2.15 bits per heavy atom. The molecule has 1 aromatic heterocycles. The van der Waals surface area contributed by atoms with Gasteiger partial charge in [0.05, 0.1) is 0 Å². The summed E-state index contributed by atoms with van der Waals surface area (Å²) in [7, 11) is 0.